The number of aromatic nitrogens is 2. The number of rotatable bonds is 3. The number of aromatic amines is 1. The predicted molar refractivity (Wildman–Crippen MR) is 67.7 cm³/mol. The molecule has 2 aromatic heterocycles. The first-order chi connectivity index (χ1) is 8.52. The molecule has 0 bridgehead atoms. The fraction of sp³-hybridized carbons (Fsp3) is 0.417. The van der Waals surface area contributed by atoms with Gasteiger partial charge in [-0.3, -0.25) is 0 Å². The standard InChI is InChI=1S/C12H14N2O3S/c1-17-12-11-10(8(5-14-12)7-3-4-7)9(6-13-11)18(2,15)16/h5-7,13H,3-4H2,1-2H3. The number of pyridine rings is 1. The van der Waals surface area contributed by atoms with Crippen molar-refractivity contribution in [3.8, 4) is 5.88 Å². The molecule has 2 heterocycles. The molecule has 1 saturated carbocycles. The van der Waals surface area contributed by atoms with Gasteiger partial charge in [0.25, 0.3) is 0 Å². The highest BCUT2D eigenvalue weighted by atomic mass is 32.2. The Morgan fingerprint density at radius 2 is 2.17 bits per heavy atom. The van der Waals surface area contributed by atoms with E-state index in [9.17, 15) is 8.42 Å². The number of nitrogens with zero attached hydrogens (tertiary/aromatic N) is 1. The Kier molecular flexibility index (Phi) is 2.38. The van der Waals surface area contributed by atoms with Gasteiger partial charge in [-0.25, -0.2) is 13.4 Å². The lowest BCUT2D eigenvalue weighted by Crippen LogP contribution is -1.98. The van der Waals surface area contributed by atoms with Gasteiger partial charge in [0.15, 0.2) is 9.84 Å². The molecule has 2 aromatic rings. The van der Waals surface area contributed by atoms with E-state index in [1.807, 2.05) is 0 Å². The Labute approximate surface area is 105 Å². The topological polar surface area (TPSA) is 72.0 Å². The molecule has 0 saturated heterocycles. The largest absolute Gasteiger partial charge is 0.479 e. The molecule has 6 heteroatoms. The summed E-state index contributed by atoms with van der Waals surface area (Å²) < 4.78 is 28.8. The Morgan fingerprint density at radius 3 is 2.72 bits per heavy atom. The fourth-order valence-electron chi connectivity index (χ4n) is 2.27. The van der Waals surface area contributed by atoms with Gasteiger partial charge >= 0.3 is 0 Å². The zero-order chi connectivity index (χ0) is 12.9. The van der Waals surface area contributed by atoms with Crippen LogP contribution >= 0.6 is 0 Å². The Morgan fingerprint density at radius 1 is 1.44 bits per heavy atom. The molecule has 96 valence electrons. The third-order valence-electron chi connectivity index (χ3n) is 3.28. The van der Waals surface area contributed by atoms with E-state index in [0.29, 0.717) is 22.2 Å². The fourth-order valence-corrected chi connectivity index (χ4v) is 3.13. The summed E-state index contributed by atoms with van der Waals surface area (Å²) in [6.45, 7) is 0. The van der Waals surface area contributed by atoms with Crippen LogP contribution in [0.15, 0.2) is 17.3 Å². The number of hydrogen-bond donors (Lipinski definition) is 1. The zero-order valence-corrected chi connectivity index (χ0v) is 11.0. The van der Waals surface area contributed by atoms with E-state index in [1.54, 1.807) is 6.20 Å². The van der Waals surface area contributed by atoms with Gasteiger partial charge in [0.1, 0.15) is 5.52 Å². The minimum Gasteiger partial charge on any atom is -0.479 e. The van der Waals surface area contributed by atoms with Gasteiger partial charge in [0.2, 0.25) is 5.88 Å². The van der Waals surface area contributed by atoms with Crippen LogP contribution in [0, 0.1) is 0 Å². The Hall–Kier alpha value is -1.56. The maximum absolute atomic E-state index is 11.8. The van der Waals surface area contributed by atoms with E-state index >= 15 is 0 Å². The van der Waals surface area contributed by atoms with E-state index in [0.717, 1.165) is 23.8 Å². The minimum atomic E-state index is -3.25. The van der Waals surface area contributed by atoms with E-state index < -0.39 is 9.84 Å². The SMILES string of the molecule is COc1ncc(C2CC2)c2c(S(C)(=O)=O)c[nH]c12. The molecule has 0 spiro atoms. The van der Waals surface area contributed by atoms with Crippen molar-refractivity contribution in [1.29, 1.82) is 0 Å². The molecule has 0 aliphatic heterocycles. The zero-order valence-electron chi connectivity index (χ0n) is 10.2. The number of methoxy groups -OCH3 is 1. The van der Waals surface area contributed by atoms with Crippen LogP contribution in [0.4, 0.5) is 0 Å². The second kappa shape index (κ2) is 3.71. The molecule has 1 aliphatic carbocycles. The maximum atomic E-state index is 11.8. The van der Waals surface area contributed by atoms with Crippen molar-refractivity contribution in [2.45, 2.75) is 23.7 Å². The summed E-state index contributed by atoms with van der Waals surface area (Å²) >= 11 is 0. The summed E-state index contributed by atoms with van der Waals surface area (Å²) in [6, 6.07) is 0. The lowest BCUT2D eigenvalue weighted by Gasteiger charge is -2.06. The van der Waals surface area contributed by atoms with Crippen LogP contribution < -0.4 is 4.74 Å². The summed E-state index contributed by atoms with van der Waals surface area (Å²) in [5.41, 5.74) is 1.68. The third kappa shape index (κ3) is 1.68. The second-order valence-corrected chi connectivity index (χ2v) is 6.66. The summed E-state index contributed by atoms with van der Waals surface area (Å²) in [6.07, 6.45) is 6.67. The van der Waals surface area contributed by atoms with Crippen LogP contribution in [-0.4, -0.2) is 31.8 Å². The van der Waals surface area contributed by atoms with E-state index in [4.69, 9.17) is 4.74 Å². The van der Waals surface area contributed by atoms with Gasteiger partial charge in [-0.2, -0.15) is 0 Å². The third-order valence-corrected chi connectivity index (χ3v) is 4.40. The molecule has 1 aliphatic rings. The lowest BCUT2D eigenvalue weighted by atomic mass is 10.1. The Balaban J connectivity index is 2.39. The van der Waals surface area contributed by atoms with Crippen molar-refractivity contribution in [3.05, 3.63) is 18.0 Å². The van der Waals surface area contributed by atoms with Gasteiger partial charge in [-0.05, 0) is 24.3 Å². The summed E-state index contributed by atoms with van der Waals surface area (Å²) in [7, 11) is -1.73. The first-order valence-electron chi connectivity index (χ1n) is 5.76. The van der Waals surface area contributed by atoms with Gasteiger partial charge in [-0.15, -0.1) is 0 Å². The van der Waals surface area contributed by atoms with Gasteiger partial charge < -0.3 is 9.72 Å². The molecule has 0 aromatic carbocycles. The van der Waals surface area contributed by atoms with Crippen molar-refractivity contribution in [2.24, 2.45) is 0 Å². The molecule has 0 unspecified atom stereocenters. The van der Waals surface area contributed by atoms with Gasteiger partial charge in [0, 0.05) is 24.0 Å². The normalized spacial score (nSPS) is 16.1. The van der Waals surface area contributed by atoms with Crippen molar-refractivity contribution in [2.75, 3.05) is 13.4 Å². The molecule has 3 rings (SSSR count). The molecule has 1 fully saturated rings. The average Bonchev–Trinajstić information content (AvgIpc) is 3.04. The van der Waals surface area contributed by atoms with Crippen LogP contribution in [0.2, 0.25) is 0 Å². The number of nitrogens with one attached hydrogen (secondary N) is 1. The summed E-state index contributed by atoms with van der Waals surface area (Å²) in [4.78, 5) is 7.54. The van der Waals surface area contributed by atoms with Gasteiger partial charge in [-0.1, -0.05) is 0 Å². The molecular formula is C12H14N2O3S. The molecular weight excluding hydrogens is 252 g/mol. The summed E-state index contributed by atoms with van der Waals surface area (Å²) in [5, 5.41) is 0.742. The first kappa shape index (κ1) is 11.5. The monoisotopic (exact) mass is 266 g/mol. The molecule has 0 radical (unpaired) electrons. The van der Waals surface area contributed by atoms with Crippen molar-refractivity contribution in [3.63, 3.8) is 0 Å². The minimum absolute atomic E-state index is 0.333. The van der Waals surface area contributed by atoms with Crippen LogP contribution in [-0.2, 0) is 9.84 Å². The number of H-pyrrole nitrogens is 1. The highest BCUT2D eigenvalue weighted by Gasteiger charge is 2.30. The van der Waals surface area contributed by atoms with Crippen LogP contribution in [0.5, 0.6) is 5.88 Å². The quantitative estimate of drug-likeness (QED) is 0.920. The molecule has 18 heavy (non-hydrogen) atoms. The maximum Gasteiger partial charge on any atom is 0.238 e. The van der Waals surface area contributed by atoms with Crippen molar-refractivity contribution >= 4 is 20.7 Å². The van der Waals surface area contributed by atoms with Crippen molar-refractivity contribution in [1.82, 2.24) is 9.97 Å². The molecule has 0 amide bonds. The lowest BCUT2D eigenvalue weighted by molar-refractivity contribution is 0.402. The molecule has 0 atom stereocenters. The van der Waals surface area contributed by atoms with Crippen LogP contribution in [0.3, 0.4) is 0 Å². The second-order valence-electron chi connectivity index (χ2n) is 4.67. The molecule has 1 N–H and O–H groups in total. The molecule has 5 nitrogen and oxygen atoms in total. The highest BCUT2D eigenvalue weighted by molar-refractivity contribution is 7.91. The van der Waals surface area contributed by atoms with Gasteiger partial charge in [0.05, 0.1) is 12.0 Å². The summed E-state index contributed by atoms with van der Waals surface area (Å²) in [5.74, 6) is 0.867. The van der Waals surface area contributed by atoms with E-state index in [-0.39, 0.29) is 0 Å². The number of sulfone groups is 1. The highest BCUT2D eigenvalue weighted by Crippen LogP contribution is 2.45. The van der Waals surface area contributed by atoms with Crippen molar-refractivity contribution < 1.29 is 13.2 Å². The Bertz CT molecular complexity index is 714. The first-order valence-corrected chi connectivity index (χ1v) is 7.65. The number of hydrogen-bond acceptors (Lipinski definition) is 4. The average molecular weight is 266 g/mol. The number of ether oxygens (including phenoxy) is 1. The predicted octanol–water partition coefficient (Wildman–Crippen LogP) is 1.85. The van der Waals surface area contributed by atoms with Crippen LogP contribution in [0.1, 0.15) is 24.3 Å². The van der Waals surface area contributed by atoms with E-state index in [2.05, 4.69) is 9.97 Å². The van der Waals surface area contributed by atoms with E-state index in [1.165, 1.54) is 19.6 Å². The number of fused-ring (bicyclic) bond motifs is 1. The smallest absolute Gasteiger partial charge is 0.238 e. The van der Waals surface area contributed by atoms with Crippen LogP contribution in [0.25, 0.3) is 10.9 Å².